The van der Waals surface area contributed by atoms with Crippen LogP contribution in [0.1, 0.15) is 18.9 Å². The molecule has 0 aliphatic carbocycles. The second kappa shape index (κ2) is 12.4. The molecule has 0 atom stereocenters. The summed E-state index contributed by atoms with van der Waals surface area (Å²) in [5.41, 5.74) is 0.941. The second-order valence-electron chi connectivity index (χ2n) is 6.03. The Morgan fingerprint density at radius 2 is 2.12 bits per heavy atom. The lowest BCUT2D eigenvalue weighted by molar-refractivity contribution is 0.0377. The molecule has 0 aromatic heterocycles. The van der Waals surface area contributed by atoms with Gasteiger partial charge in [-0.1, -0.05) is 12.1 Å². The fourth-order valence-electron chi connectivity index (χ4n) is 2.76. The number of halogens is 2. The van der Waals surface area contributed by atoms with Crippen molar-refractivity contribution in [1.29, 1.82) is 0 Å². The highest BCUT2D eigenvalue weighted by atomic mass is 127. The van der Waals surface area contributed by atoms with E-state index < -0.39 is 0 Å². The van der Waals surface area contributed by atoms with Crippen LogP contribution >= 0.6 is 24.0 Å². The number of ether oxygens (including phenoxy) is 1. The van der Waals surface area contributed by atoms with Crippen molar-refractivity contribution in [1.82, 2.24) is 15.1 Å². The molecule has 1 aromatic rings. The van der Waals surface area contributed by atoms with Crippen molar-refractivity contribution in [3.05, 3.63) is 35.6 Å². The zero-order valence-corrected chi connectivity index (χ0v) is 17.5. The first-order valence-corrected chi connectivity index (χ1v) is 8.73. The van der Waals surface area contributed by atoms with Crippen molar-refractivity contribution < 1.29 is 9.13 Å². The number of hydrogen-bond donors (Lipinski definition) is 1. The van der Waals surface area contributed by atoms with Gasteiger partial charge in [0.25, 0.3) is 0 Å². The van der Waals surface area contributed by atoms with Gasteiger partial charge in [0.2, 0.25) is 0 Å². The Morgan fingerprint density at radius 3 is 2.80 bits per heavy atom. The van der Waals surface area contributed by atoms with Crippen LogP contribution in [0.2, 0.25) is 0 Å². The van der Waals surface area contributed by atoms with E-state index in [1.54, 1.807) is 12.1 Å². The second-order valence-corrected chi connectivity index (χ2v) is 6.03. The van der Waals surface area contributed by atoms with E-state index in [2.05, 4.69) is 17.1 Å². The smallest absolute Gasteiger partial charge is 0.193 e. The van der Waals surface area contributed by atoms with Crippen LogP contribution in [-0.2, 0) is 11.3 Å². The molecule has 0 saturated carbocycles. The summed E-state index contributed by atoms with van der Waals surface area (Å²) in [6.07, 6.45) is 1.03. The van der Waals surface area contributed by atoms with Gasteiger partial charge in [-0.05, 0) is 31.0 Å². The topological polar surface area (TPSA) is 40.1 Å². The average molecular weight is 464 g/mol. The van der Waals surface area contributed by atoms with Crippen molar-refractivity contribution in [3.8, 4) is 0 Å². The number of aliphatic imine (C=N–C) groups is 1. The minimum absolute atomic E-state index is 0. The minimum atomic E-state index is -0.201. The fraction of sp³-hybridized carbons (Fsp3) is 0.611. The van der Waals surface area contributed by atoms with Crippen LogP contribution in [0.4, 0.5) is 4.39 Å². The largest absolute Gasteiger partial charge is 0.379 e. The van der Waals surface area contributed by atoms with E-state index in [0.29, 0.717) is 6.54 Å². The summed E-state index contributed by atoms with van der Waals surface area (Å²) in [6, 6.07) is 6.71. The third kappa shape index (κ3) is 8.33. The molecule has 1 fully saturated rings. The standard InChI is InChI=1S/C18H29FN4O.HI/c1-3-20-18(21-8-5-9-23-10-12-24-13-11-23)22(2)15-16-6-4-7-17(19)14-16;/h4,6-7,14H,3,5,8-13,15H2,1-2H3,(H,20,21);1H. The SMILES string of the molecule is CCNC(=NCCCN1CCOCC1)N(C)Cc1cccc(F)c1.I. The molecule has 1 saturated heterocycles. The highest BCUT2D eigenvalue weighted by Crippen LogP contribution is 2.06. The van der Waals surface area contributed by atoms with Crippen molar-refractivity contribution in [2.75, 3.05) is 53.0 Å². The molecule has 1 heterocycles. The highest BCUT2D eigenvalue weighted by molar-refractivity contribution is 14.0. The molecule has 0 radical (unpaired) electrons. The van der Waals surface area contributed by atoms with Crippen molar-refractivity contribution in [2.45, 2.75) is 19.9 Å². The van der Waals surface area contributed by atoms with Gasteiger partial charge in [-0.2, -0.15) is 0 Å². The summed E-state index contributed by atoms with van der Waals surface area (Å²) in [6.45, 7) is 9.05. The average Bonchev–Trinajstić information content (AvgIpc) is 2.58. The molecular weight excluding hydrogens is 434 g/mol. The summed E-state index contributed by atoms with van der Waals surface area (Å²) in [7, 11) is 1.98. The molecule has 1 aliphatic rings. The van der Waals surface area contributed by atoms with E-state index in [1.165, 1.54) is 6.07 Å². The van der Waals surface area contributed by atoms with Gasteiger partial charge in [-0.3, -0.25) is 9.89 Å². The van der Waals surface area contributed by atoms with Gasteiger partial charge in [0, 0.05) is 46.3 Å². The van der Waals surface area contributed by atoms with Gasteiger partial charge in [0.05, 0.1) is 13.2 Å². The van der Waals surface area contributed by atoms with Crippen LogP contribution in [0.3, 0.4) is 0 Å². The van der Waals surface area contributed by atoms with E-state index in [0.717, 1.165) is 63.9 Å². The van der Waals surface area contributed by atoms with Crippen molar-refractivity contribution in [2.24, 2.45) is 4.99 Å². The predicted molar refractivity (Wildman–Crippen MR) is 111 cm³/mol. The lowest BCUT2D eigenvalue weighted by atomic mass is 10.2. The van der Waals surface area contributed by atoms with Crippen LogP contribution in [-0.4, -0.2) is 68.7 Å². The Kier molecular flexibility index (Phi) is 11.0. The summed E-state index contributed by atoms with van der Waals surface area (Å²) in [5, 5.41) is 3.30. The monoisotopic (exact) mass is 464 g/mol. The predicted octanol–water partition coefficient (Wildman–Crippen LogP) is 2.56. The van der Waals surface area contributed by atoms with Gasteiger partial charge >= 0.3 is 0 Å². The zero-order chi connectivity index (χ0) is 17.2. The van der Waals surface area contributed by atoms with Crippen LogP contribution in [0.15, 0.2) is 29.3 Å². The maximum absolute atomic E-state index is 13.3. The molecule has 1 aromatic carbocycles. The number of nitrogens with zero attached hydrogens (tertiary/aromatic N) is 3. The molecule has 0 amide bonds. The van der Waals surface area contributed by atoms with Gasteiger partial charge in [-0.25, -0.2) is 4.39 Å². The highest BCUT2D eigenvalue weighted by Gasteiger charge is 2.10. The summed E-state index contributed by atoms with van der Waals surface area (Å²) >= 11 is 0. The first-order chi connectivity index (χ1) is 11.7. The maximum Gasteiger partial charge on any atom is 0.193 e. The molecule has 5 nitrogen and oxygen atoms in total. The van der Waals surface area contributed by atoms with E-state index in [4.69, 9.17) is 9.73 Å². The number of hydrogen-bond acceptors (Lipinski definition) is 3. The molecular formula is C18H30FIN4O. The van der Waals surface area contributed by atoms with Crippen LogP contribution in [0.5, 0.6) is 0 Å². The van der Waals surface area contributed by atoms with E-state index >= 15 is 0 Å². The van der Waals surface area contributed by atoms with Crippen LogP contribution < -0.4 is 5.32 Å². The van der Waals surface area contributed by atoms with Gasteiger partial charge < -0.3 is 15.0 Å². The summed E-state index contributed by atoms with van der Waals surface area (Å²) in [5.74, 6) is 0.664. The van der Waals surface area contributed by atoms with Gasteiger partial charge in [0.1, 0.15) is 5.82 Å². The quantitative estimate of drug-likeness (QED) is 0.292. The number of guanidine groups is 1. The van der Waals surface area contributed by atoms with E-state index in [-0.39, 0.29) is 29.8 Å². The van der Waals surface area contributed by atoms with E-state index in [9.17, 15) is 4.39 Å². The Bertz CT molecular complexity index is 524. The number of nitrogens with one attached hydrogen (secondary N) is 1. The molecule has 1 aliphatic heterocycles. The molecule has 2 rings (SSSR count). The fourth-order valence-corrected chi connectivity index (χ4v) is 2.76. The number of morpholine rings is 1. The van der Waals surface area contributed by atoms with Crippen molar-refractivity contribution in [3.63, 3.8) is 0 Å². The molecule has 0 unspecified atom stereocenters. The molecule has 142 valence electrons. The zero-order valence-electron chi connectivity index (χ0n) is 15.2. The number of benzene rings is 1. The molecule has 7 heteroatoms. The van der Waals surface area contributed by atoms with Crippen LogP contribution in [0.25, 0.3) is 0 Å². The Morgan fingerprint density at radius 1 is 1.36 bits per heavy atom. The number of rotatable bonds is 7. The van der Waals surface area contributed by atoms with Crippen molar-refractivity contribution >= 4 is 29.9 Å². The van der Waals surface area contributed by atoms with Crippen LogP contribution in [0, 0.1) is 5.82 Å². The molecule has 0 spiro atoms. The lowest BCUT2D eigenvalue weighted by Crippen LogP contribution is -2.39. The Balaban J connectivity index is 0.00000312. The Hall–Kier alpha value is -0.930. The Labute approximate surface area is 167 Å². The minimum Gasteiger partial charge on any atom is -0.379 e. The van der Waals surface area contributed by atoms with Gasteiger partial charge in [-0.15, -0.1) is 24.0 Å². The third-order valence-corrected chi connectivity index (χ3v) is 4.00. The van der Waals surface area contributed by atoms with E-state index in [1.807, 2.05) is 18.0 Å². The third-order valence-electron chi connectivity index (χ3n) is 4.00. The summed E-state index contributed by atoms with van der Waals surface area (Å²) < 4.78 is 18.7. The maximum atomic E-state index is 13.3. The first-order valence-electron chi connectivity index (χ1n) is 8.73. The normalized spacial score (nSPS) is 15.6. The molecule has 25 heavy (non-hydrogen) atoms. The summed E-state index contributed by atoms with van der Waals surface area (Å²) in [4.78, 5) is 9.15. The van der Waals surface area contributed by atoms with Gasteiger partial charge in [0.15, 0.2) is 5.96 Å². The first kappa shape index (κ1) is 22.1. The molecule has 1 N–H and O–H groups in total. The lowest BCUT2D eigenvalue weighted by Gasteiger charge is -2.26. The molecule has 0 bridgehead atoms.